The molecule has 4 nitrogen and oxygen atoms in total. The zero-order valence-corrected chi connectivity index (χ0v) is 20.3. The lowest BCUT2D eigenvalue weighted by molar-refractivity contribution is -0.115. The molecule has 0 aliphatic carbocycles. The minimum Gasteiger partial charge on any atom is -0.488 e. The van der Waals surface area contributed by atoms with Gasteiger partial charge in [0.05, 0.1) is 14.2 Å². The average molecular weight is 561 g/mol. The number of nitrogens with one attached hydrogen (secondary N) is 1. The molecule has 0 aromatic heterocycles. The number of aliphatic imine (C=N–C) groups is 1. The SMILES string of the molecule is Cc1c(Cl)cccc1N=C1NC(=O)/C(=C\c2ccc(OCc3ccccc3)c(I)c2)S1. The number of rotatable bonds is 5. The van der Waals surface area contributed by atoms with E-state index in [2.05, 4.69) is 32.9 Å². The van der Waals surface area contributed by atoms with Gasteiger partial charge < -0.3 is 10.1 Å². The molecule has 1 heterocycles. The lowest BCUT2D eigenvalue weighted by Gasteiger charge is -2.09. The Morgan fingerprint density at radius 1 is 1.13 bits per heavy atom. The van der Waals surface area contributed by atoms with Crippen molar-refractivity contribution in [2.24, 2.45) is 4.99 Å². The van der Waals surface area contributed by atoms with Gasteiger partial charge in [-0.25, -0.2) is 4.99 Å². The number of hydrogen-bond acceptors (Lipinski definition) is 4. The summed E-state index contributed by atoms with van der Waals surface area (Å²) in [5.74, 6) is 0.650. The molecule has 1 aliphatic heterocycles. The number of carbonyl (C=O) groups excluding carboxylic acids is 1. The van der Waals surface area contributed by atoms with Crippen LogP contribution in [0.4, 0.5) is 5.69 Å². The van der Waals surface area contributed by atoms with Crippen LogP contribution < -0.4 is 10.1 Å². The summed E-state index contributed by atoms with van der Waals surface area (Å²) in [6, 6.07) is 21.5. The third kappa shape index (κ3) is 5.50. The highest BCUT2D eigenvalue weighted by molar-refractivity contribution is 14.1. The summed E-state index contributed by atoms with van der Waals surface area (Å²) in [7, 11) is 0. The maximum Gasteiger partial charge on any atom is 0.264 e. The van der Waals surface area contributed by atoms with Crippen LogP contribution in [0.5, 0.6) is 5.75 Å². The number of halogens is 2. The van der Waals surface area contributed by atoms with E-state index in [1.807, 2.05) is 79.7 Å². The van der Waals surface area contributed by atoms with E-state index >= 15 is 0 Å². The van der Waals surface area contributed by atoms with Gasteiger partial charge in [-0.2, -0.15) is 0 Å². The van der Waals surface area contributed by atoms with E-state index in [0.717, 1.165) is 31.7 Å². The monoisotopic (exact) mass is 560 g/mol. The topological polar surface area (TPSA) is 50.7 Å². The highest BCUT2D eigenvalue weighted by atomic mass is 127. The molecule has 4 rings (SSSR count). The molecule has 3 aromatic carbocycles. The number of thioether (sulfide) groups is 1. The molecule has 1 N–H and O–H groups in total. The van der Waals surface area contributed by atoms with Gasteiger partial charge in [-0.1, -0.05) is 54.1 Å². The molecule has 7 heteroatoms. The molecule has 156 valence electrons. The second-order valence-corrected chi connectivity index (χ2v) is 9.43. The normalized spacial score (nSPS) is 16.0. The zero-order valence-electron chi connectivity index (χ0n) is 16.6. The summed E-state index contributed by atoms with van der Waals surface area (Å²) in [5, 5.41) is 4.01. The van der Waals surface area contributed by atoms with Crippen molar-refractivity contribution in [3.05, 3.63) is 96.9 Å². The van der Waals surface area contributed by atoms with E-state index in [4.69, 9.17) is 16.3 Å². The minimum absolute atomic E-state index is 0.164. The second-order valence-electron chi connectivity index (χ2n) is 6.83. The van der Waals surface area contributed by atoms with Crippen LogP contribution in [0.1, 0.15) is 16.7 Å². The number of nitrogens with zero attached hydrogens (tertiary/aromatic N) is 1. The van der Waals surface area contributed by atoms with Crippen LogP contribution in [-0.4, -0.2) is 11.1 Å². The third-order valence-electron chi connectivity index (χ3n) is 4.60. The van der Waals surface area contributed by atoms with Gasteiger partial charge in [0.2, 0.25) is 0 Å². The van der Waals surface area contributed by atoms with E-state index in [1.54, 1.807) is 0 Å². The van der Waals surface area contributed by atoms with Crippen LogP contribution in [0.2, 0.25) is 5.02 Å². The van der Waals surface area contributed by atoms with E-state index in [-0.39, 0.29) is 5.91 Å². The van der Waals surface area contributed by atoms with Gasteiger partial charge >= 0.3 is 0 Å². The fourth-order valence-electron chi connectivity index (χ4n) is 2.92. The summed E-state index contributed by atoms with van der Waals surface area (Å²) in [5.41, 5.74) is 3.66. The lowest BCUT2D eigenvalue weighted by atomic mass is 10.2. The Balaban J connectivity index is 1.48. The lowest BCUT2D eigenvalue weighted by Crippen LogP contribution is -2.19. The number of amides is 1. The molecule has 31 heavy (non-hydrogen) atoms. The molecule has 0 spiro atoms. The smallest absolute Gasteiger partial charge is 0.264 e. The van der Waals surface area contributed by atoms with E-state index < -0.39 is 0 Å². The Hall–Kier alpha value is -2.29. The molecule has 0 unspecified atom stereocenters. The fraction of sp³-hybridized carbons (Fsp3) is 0.0833. The molecule has 1 saturated heterocycles. The predicted molar refractivity (Wildman–Crippen MR) is 137 cm³/mol. The van der Waals surface area contributed by atoms with Crippen molar-refractivity contribution in [2.75, 3.05) is 0 Å². The summed E-state index contributed by atoms with van der Waals surface area (Å²) >= 11 is 9.73. The predicted octanol–water partition coefficient (Wildman–Crippen LogP) is 6.72. The van der Waals surface area contributed by atoms with Crippen molar-refractivity contribution in [2.45, 2.75) is 13.5 Å². The molecular weight excluding hydrogens is 543 g/mol. The molecule has 0 atom stereocenters. The van der Waals surface area contributed by atoms with Gasteiger partial charge in [0.1, 0.15) is 12.4 Å². The summed E-state index contributed by atoms with van der Waals surface area (Å²) in [6.07, 6.45) is 1.86. The Labute approximate surface area is 203 Å². The van der Waals surface area contributed by atoms with Crippen molar-refractivity contribution in [3.8, 4) is 5.75 Å². The number of benzene rings is 3. The second kappa shape index (κ2) is 9.89. The summed E-state index contributed by atoms with van der Waals surface area (Å²) < 4.78 is 6.91. The van der Waals surface area contributed by atoms with E-state index in [9.17, 15) is 4.79 Å². The first kappa shape index (κ1) is 21.9. The van der Waals surface area contributed by atoms with Crippen LogP contribution in [0.15, 0.2) is 76.6 Å². The number of hydrogen-bond donors (Lipinski definition) is 1. The first-order chi connectivity index (χ1) is 15.0. The average Bonchev–Trinajstić information content (AvgIpc) is 3.10. The Morgan fingerprint density at radius 2 is 1.94 bits per heavy atom. The molecule has 0 bridgehead atoms. The highest BCUT2D eigenvalue weighted by Crippen LogP contribution is 2.32. The van der Waals surface area contributed by atoms with Crippen LogP contribution in [0, 0.1) is 10.5 Å². The van der Waals surface area contributed by atoms with Crippen LogP contribution in [0.25, 0.3) is 6.08 Å². The van der Waals surface area contributed by atoms with Crippen molar-refractivity contribution in [3.63, 3.8) is 0 Å². The third-order valence-corrected chi connectivity index (χ3v) is 6.77. The minimum atomic E-state index is -0.164. The number of amidine groups is 1. The van der Waals surface area contributed by atoms with Crippen LogP contribution in [-0.2, 0) is 11.4 Å². The van der Waals surface area contributed by atoms with Crippen molar-refractivity contribution >= 4 is 68.8 Å². The van der Waals surface area contributed by atoms with E-state index in [1.165, 1.54) is 11.8 Å². The van der Waals surface area contributed by atoms with Gasteiger partial charge in [-0.3, -0.25) is 4.79 Å². The fourth-order valence-corrected chi connectivity index (χ4v) is 4.62. The van der Waals surface area contributed by atoms with Crippen LogP contribution >= 0.6 is 46.0 Å². The van der Waals surface area contributed by atoms with Gasteiger partial charge in [0.15, 0.2) is 5.17 Å². The Kier molecular flexibility index (Phi) is 6.99. The molecule has 1 amide bonds. The first-order valence-corrected chi connectivity index (χ1v) is 11.8. The summed E-state index contributed by atoms with van der Waals surface area (Å²) in [6.45, 7) is 2.42. The molecule has 0 radical (unpaired) electrons. The number of carbonyl (C=O) groups is 1. The van der Waals surface area contributed by atoms with Gasteiger partial charge in [0, 0.05) is 5.02 Å². The van der Waals surface area contributed by atoms with Gasteiger partial charge in [-0.15, -0.1) is 0 Å². The van der Waals surface area contributed by atoms with Crippen molar-refractivity contribution < 1.29 is 9.53 Å². The Bertz CT molecular complexity index is 1200. The quantitative estimate of drug-likeness (QED) is 0.278. The molecule has 1 aliphatic rings. The molecule has 1 fully saturated rings. The molecule has 3 aromatic rings. The maximum absolute atomic E-state index is 12.4. The first-order valence-electron chi connectivity index (χ1n) is 9.50. The zero-order chi connectivity index (χ0) is 21.8. The molecular formula is C24H18ClIN2O2S. The largest absolute Gasteiger partial charge is 0.488 e. The van der Waals surface area contributed by atoms with Gasteiger partial charge in [-0.05, 0) is 88.3 Å². The summed E-state index contributed by atoms with van der Waals surface area (Å²) in [4.78, 5) is 17.5. The Morgan fingerprint density at radius 3 is 2.71 bits per heavy atom. The van der Waals surface area contributed by atoms with Crippen molar-refractivity contribution in [1.82, 2.24) is 5.32 Å². The standard InChI is InChI=1S/C24H18ClIN2O2S/c1-15-18(25)8-5-9-20(15)27-24-28-23(29)22(31-24)13-17-10-11-21(19(26)12-17)30-14-16-6-3-2-4-7-16/h2-13H,14H2,1H3,(H,27,28,29)/b22-13+. The van der Waals surface area contributed by atoms with Gasteiger partial charge in [0.25, 0.3) is 5.91 Å². The van der Waals surface area contributed by atoms with Crippen molar-refractivity contribution in [1.29, 1.82) is 0 Å². The number of ether oxygens (including phenoxy) is 1. The maximum atomic E-state index is 12.4. The van der Waals surface area contributed by atoms with E-state index in [0.29, 0.717) is 21.7 Å². The molecule has 0 saturated carbocycles. The highest BCUT2D eigenvalue weighted by Gasteiger charge is 2.24. The van der Waals surface area contributed by atoms with Crippen LogP contribution in [0.3, 0.4) is 0 Å².